The molecule has 37 heavy (non-hydrogen) atoms. The van der Waals surface area contributed by atoms with Crippen LogP contribution < -0.4 is 0 Å². The van der Waals surface area contributed by atoms with Crippen LogP contribution in [0.4, 0.5) is 0 Å². The maximum atomic E-state index is 3.39. The van der Waals surface area contributed by atoms with Crippen LogP contribution in [0.2, 0.25) is 0 Å². The molecule has 8 rings (SSSR count). The topological polar surface area (TPSA) is 0 Å². The third-order valence-corrected chi connectivity index (χ3v) is 7.12. The molecule has 8 aromatic rings. The summed E-state index contributed by atoms with van der Waals surface area (Å²) in [6.07, 6.45) is 0. The molecule has 0 N–H and O–H groups in total. The van der Waals surface area contributed by atoms with Gasteiger partial charge in [0.15, 0.2) is 0 Å². The summed E-state index contributed by atoms with van der Waals surface area (Å²) in [6.45, 7) is 0. The normalized spacial score (nSPS) is 11.0. The van der Waals surface area contributed by atoms with Crippen molar-refractivity contribution in [2.24, 2.45) is 0 Å². The first kappa shape index (κ1) is 23.3. The predicted octanol–water partition coefficient (Wildman–Crippen LogP) is 9.89. The van der Waals surface area contributed by atoms with E-state index in [4.69, 9.17) is 0 Å². The van der Waals surface area contributed by atoms with Gasteiger partial charge in [0.1, 0.15) is 0 Å². The van der Waals surface area contributed by atoms with Gasteiger partial charge in [-0.1, -0.05) is 129 Å². The quantitative estimate of drug-likeness (QED) is 0.106. The van der Waals surface area contributed by atoms with Crippen LogP contribution in [-0.2, 0) is 19.5 Å². The Morgan fingerprint density at radius 2 is 0.486 bits per heavy atom. The second-order valence-electron chi connectivity index (χ2n) is 9.10. The molecule has 0 saturated carbocycles. The average Bonchev–Trinajstić information content (AvgIpc) is 2.98. The average molecular weight is 520 g/mol. The van der Waals surface area contributed by atoms with Crippen LogP contribution in [0.25, 0.3) is 64.6 Å². The van der Waals surface area contributed by atoms with Crippen molar-refractivity contribution in [3.8, 4) is 0 Å². The van der Waals surface area contributed by atoms with Crippen LogP contribution >= 0.6 is 0 Å². The van der Waals surface area contributed by atoms with Gasteiger partial charge in [0.2, 0.25) is 0 Å². The molecule has 0 aliphatic heterocycles. The molecule has 1 heteroatoms. The minimum absolute atomic E-state index is 0. The van der Waals surface area contributed by atoms with Crippen molar-refractivity contribution in [1.29, 1.82) is 0 Å². The first-order chi connectivity index (χ1) is 17.9. The second-order valence-corrected chi connectivity index (χ2v) is 9.10. The molecule has 0 spiro atoms. The molecule has 0 bridgehead atoms. The van der Waals surface area contributed by atoms with Gasteiger partial charge in [-0.2, -0.15) is 0 Å². The zero-order valence-corrected chi connectivity index (χ0v) is 23.4. The van der Waals surface area contributed by atoms with E-state index in [9.17, 15) is 0 Å². The smallest absolute Gasteiger partial charge is 0.147 e. The van der Waals surface area contributed by atoms with E-state index in [0.717, 1.165) is 0 Å². The molecule has 168 valence electrons. The molecule has 0 saturated heterocycles. The molecule has 0 atom stereocenters. The summed E-state index contributed by atoms with van der Waals surface area (Å²) < 4.78 is 0. The largest absolute Gasteiger partial charge is 2.00 e. The summed E-state index contributed by atoms with van der Waals surface area (Å²) >= 11 is 0. The van der Waals surface area contributed by atoms with E-state index in [0.29, 0.717) is 0 Å². The minimum atomic E-state index is 0. The van der Waals surface area contributed by atoms with Crippen molar-refractivity contribution in [2.45, 2.75) is 0 Å². The zero-order chi connectivity index (χ0) is 23.9. The molecule has 8 aromatic carbocycles. The monoisotopic (exact) mass is 518 g/mol. The van der Waals surface area contributed by atoms with E-state index in [1.54, 1.807) is 0 Å². The van der Waals surface area contributed by atoms with Crippen LogP contribution in [0.15, 0.2) is 133 Å². The van der Waals surface area contributed by atoms with Crippen LogP contribution in [0, 0.1) is 12.1 Å². The molecule has 0 nitrogen and oxygen atoms in total. The zero-order valence-electron chi connectivity index (χ0n) is 20.4. The van der Waals surface area contributed by atoms with Crippen molar-refractivity contribution >= 4 is 64.6 Å². The van der Waals surface area contributed by atoms with Crippen molar-refractivity contribution in [3.05, 3.63) is 146 Å². The Labute approximate surface area is 228 Å². The molecular weight excluding hydrogens is 498 g/mol. The third kappa shape index (κ3) is 3.88. The molecule has 0 heterocycles. The Kier molecular flexibility index (Phi) is 6.17. The molecule has 0 amide bonds. The van der Waals surface area contributed by atoms with Gasteiger partial charge >= 0.3 is 19.5 Å². The number of hydrogen-bond donors (Lipinski definition) is 0. The van der Waals surface area contributed by atoms with Gasteiger partial charge < -0.3 is 0 Å². The van der Waals surface area contributed by atoms with Crippen LogP contribution in [0.3, 0.4) is 0 Å². The van der Waals surface area contributed by atoms with Crippen LogP contribution in [0.5, 0.6) is 0 Å². The summed E-state index contributed by atoms with van der Waals surface area (Å²) in [4.78, 5) is 0. The number of rotatable bonds is 0. The summed E-state index contributed by atoms with van der Waals surface area (Å²) in [5.41, 5.74) is 0. The van der Waals surface area contributed by atoms with Gasteiger partial charge in [-0.05, 0) is 10.8 Å². The molecule has 0 aliphatic rings. The van der Waals surface area contributed by atoms with E-state index in [2.05, 4.69) is 133 Å². The standard InChI is InChI=1S/2C18H11.Zn/c2*1-2-8-14-13(7-1)15-9-3-4-11-17(15)18-12-6-5-10-16(14)18;/h2*1-11H;/q2*-1;+2. The van der Waals surface area contributed by atoms with Gasteiger partial charge in [0.25, 0.3) is 0 Å². The fourth-order valence-corrected chi connectivity index (χ4v) is 5.55. The van der Waals surface area contributed by atoms with Crippen molar-refractivity contribution in [1.82, 2.24) is 0 Å². The van der Waals surface area contributed by atoms with Crippen molar-refractivity contribution in [2.75, 3.05) is 0 Å². The minimum Gasteiger partial charge on any atom is -0.147 e. The van der Waals surface area contributed by atoms with E-state index in [1.807, 2.05) is 12.1 Å². The summed E-state index contributed by atoms with van der Waals surface area (Å²) in [5, 5.41) is 15.4. The van der Waals surface area contributed by atoms with E-state index >= 15 is 0 Å². The Hall–Kier alpha value is -4.06. The van der Waals surface area contributed by atoms with E-state index < -0.39 is 0 Å². The summed E-state index contributed by atoms with van der Waals surface area (Å²) in [6, 6.07) is 53.6. The third-order valence-electron chi connectivity index (χ3n) is 7.12. The first-order valence-electron chi connectivity index (χ1n) is 12.3. The molecular formula is C36H22Zn. The van der Waals surface area contributed by atoms with Gasteiger partial charge in [-0.3, -0.25) is 0 Å². The predicted molar refractivity (Wildman–Crippen MR) is 156 cm³/mol. The molecule has 0 aromatic heterocycles. The number of benzene rings is 8. The first-order valence-corrected chi connectivity index (χ1v) is 12.3. The Morgan fingerprint density at radius 3 is 0.784 bits per heavy atom. The van der Waals surface area contributed by atoms with Gasteiger partial charge in [-0.15, -0.1) is 70.1 Å². The van der Waals surface area contributed by atoms with Gasteiger partial charge in [-0.25, -0.2) is 0 Å². The molecule has 0 fully saturated rings. The Balaban J connectivity index is 0.000000133. The van der Waals surface area contributed by atoms with Gasteiger partial charge in [0.05, 0.1) is 0 Å². The second kappa shape index (κ2) is 9.77. The molecule has 0 aliphatic carbocycles. The molecule has 0 unspecified atom stereocenters. The fourth-order valence-electron chi connectivity index (χ4n) is 5.55. The number of hydrogen-bond acceptors (Lipinski definition) is 0. The molecule has 0 radical (unpaired) electrons. The van der Waals surface area contributed by atoms with Crippen LogP contribution in [-0.4, -0.2) is 0 Å². The fraction of sp³-hybridized carbons (Fsp3) is 0. The maximum absolute atomic E-state index is 3.39. The SMILES string of the molecule is [Zn+2].[c-]1cccc2c1c1ccccc1c1ccccc21.[c-]1cccc2c1c1ccccc1c1ccccc21. The summed E-state index contributed by atoms with van der Waals surface area (Å²) in [7, 11) is 0. The number of fused-ring (bicyclic) bond motifs is 12. The summed E-state index contributed by atoms with van der Waals surface area (Å²) in [5.74, 6) is 0. The van der Waals surface area contributed by atoms with Crippen molar-refractivity contribution < 1.29 is 19.5 Å². The van der Waals surface area contributed by atoms with Gasteiger partial charge in [0, 0.05) is 0 Å². The van der Waals surface area contributed by atoms with E-state index in [-0.39, 0.29) is 19.5 Å². The van der Waals surface area contributed by atoms with Crippen molar-refractivity contribution in [3.63, 3.8) is 0 Å². The Morgan fingerprint density at radius 1 is 0.270 bits per heavy atom. The van der Waals surface area contributed by atoms with Crippen LogP contribution in [0.1, 0.15) is 0 Å². The maximum Gasteiger partial charge on any atom is 2.00 e. The Bertz CT molecular complexity index is 1460. The van der Waals surface area contributed by atoms with E-state index in [1.165, 1.54) is 64.6 Å².